The van der Waals surface area contributed by atoms with Crippen LogP contribution >= 0.6 is 11.6 Å². The van der Waals surface area contributed by atoms with Crippen molar-refractivity contribution in [1.29, 1.82) is 0 Å². The zero-order valence-corrected chi connectivity index (χ0v) is 16.4. The number of carboxylic acids is 1. The number of carbonyl (C=O) groups is 2. The molecule has 0 spiro atoms. The van der Waals surface area contributed by atoms with Crippen LogP contribution in [0.2, 0.25) is 5.02 Å². The smallest absolute Gasteiger partial charge is 0.335 e. The van der Waals surface area contributed by atoms with Gasteiger partial charge >= 0.3 is 5.97 Å². The summed E-state index contributed by atoms with van der Waals surface area (Å²) < 4.78 is 5.74. The van der Waals surface area contributed by atoms with Gasteiger partial charge in [-0.3, -0.25) is 4.79 Å². The van der Waals surface area contributed by atoms with Gasteiger partial charge in [-0.1, -0.05) is 37.6 Å². The minimum atomic E-state index is -0.960. The fourth-order valence-corrected chi connectivity index (χ4v) is 2.72. The fraction of sp³-hybridized carbons (Fsp3) is 0.333. The summed E-state index contributed by atoms with van der Waals surface area (Å²) in [5, 5.41) is 12.4. The molecule has 0 aliphatic carbocycles. The normalized spacial score (nSPS) is 11.9. The number of carbonyl (C=O) groups excluding carboxylic acids is 1. The lowest BCUT2D eigenvalue weighted by molar-refractivity contribution is 0.0696. The van der Waals surface area contributed by atoms with Gasteiger partial charge in [0.05, 0.1) is 17.7 Å². The number of benzene rings is 2. The number of hydrogen-bond acceptors (Lipinski definition) is 3. The first kappa shape index (κ1) is 20.8. The molecule has 0 saturated heterocycles. The molecule has 6 heteroatoms. The Morgan fingerprint density at radius 2 is 1.78 bits per heavy atom. The van der Waals surface area contributed by atoms with Gasteiger partial charge in [0.1, 0.15) is 5.75 Å². The molecular formula is C21H24ClNO4. The van der Waals surface area contributed by atoms with Crippen molar-refractivity contribution in [3.05, 3.63) is 64.2 Å². The molecule has 0 bridgehead atoms. The van der Waals surface area contributed by atoms with E-state index in [1.54, 1.807) is 42.5 Å². The van der Waals surface area contributed by atoms with Crippen molar-refractivity contribution in [1.82, 2.24) is 5.32 Å². The Labute approximate surface area is 164 Å². The summed E-state index contributed by atoms with van der Waals surface area (Å²) in [6, 6.07) is 11.5. The topological polar surface area (TPSA) is 75.6 Å². The molecule has 2 N–H and O–H groups in total. The minimum Gasteiger partial charge on any atom is -0.492 e. The Hall–Kier alpha value is -2.53. The summed E-state index contributed by atoms with van der Waals surface area (Å²) in [6.07, 6.45) is 0.578. The molecule has 0 radical (unpaired) electrons. The molecule has 5 nitrogen and oxygen atoms in total. The second kappa shape index (κ2) is 9.42. The molecule has 2 aromatic rings. The molecule has 1 amide bonds. The van der Waals surface area contributed by atoms with Gasteiger partial charge in [-0.15, -0.1) is 0 Å². The minimum absolute atomic E-state index is 0.148. The molecule has 2 aromatic carbocycles. The van der Waals surface area contributed by atoms with Crippen molar-refractivity contribution in [2.24, 2.45) is 5.92 Å². The molecule has 0 aromatic heterocycles. The van der Waals surface area contributed by atoms with Gasteiger partial charge < -0.3 is 15.2 Å². The monoisotopic (exact) mass is 389 g/mol. The Morgan fingerprint density at radius 3 is 2.37 bits per heavy atom. The molecule has 2 rings (SSSR count). The van der Waals surface area contributed by atoms with E-state index < -0.39 is 5.97 Å². The van der Waals surface area contributed by atoms with E-state index in [1.165, 1.54) is 0 Å². The highest BCUT2D eigenvalue weighted by Gasteiger charge is 2.16. The first-order valence-electron chi connectivity index (χ1n) is 8.81. The summed E-state index contributed by atoms with van der Waals surface area (Å²) in [5.74, 6) is -0.378. The van der Waals surface area contributed by atoms with Crippen LogP contribution in [0.3, 0.4) is 0 Å². The summed E-state index contributed by atoms with van der Waals surface area (Å²) in [5.41, 5.74) is 1.58. The first-order chi connectivity index (χ1) is 12.8. The third-order valence-electron chi connectivity index (χ3n) is 3.88. The summed E-state index contributed by atoms with van der Waals surface area (Å²) in [7, 11) is 0. The molecular weight excluding hydrogens is 366 g/mol. The highest BCUT2D eigenvalue weighted by Crippen LogP contribution is 2.24. The first-order valence-corrected chi connectivity index (χ1v) is 9.19. The summed E-state index contributed by atoms with van der Waals surface area (Å²) in [6.45, 7) is 6.47. The van der Waals surface area contributed by atoms with Crippen molar-refractivity contribution < 1.29 is 19.4 Å². The van der Waals surface area contributed by atoms with Crippen LogP contribution in [-0.4, -0.2) is 29.6 Å². The molecule has 0 unspecified atom stereocenters. The molecule has 0 saturated carbocycles. The van der Waals surface area contributed by atoms with Crippen LogP contribution in [-0.2, 0) is 6.42 Å². The van der Waals surface area contributed by atoms with Crippen LogP contribution < -0.4 is 10.1 Å². The van der Waals surface area contributed by atoms with Crippen molar-refractivity contribution in [2.75, 3.05) is 6.61 Å². The number of carboxylic acid groups (broad SMARTS) is 1. The van der Waals surface area contributed by atoms with Crippen molar-refractivity contribution in [2.45, 2.75) is 33.2 Å². The number of aromatic carboxylic acids is 1. The van der Waals surface area contributed by atoms with Gasteiger partial charge in [-0.2, -0.15) is 0 Å². The number of rotatable bonds is 8. The fourth-order valence-electron chi connectivity index (χ4n) is 2.55. The molecule has 0 fully saturated rings. The van der Waals surface area contributed by atoms with Crippen LogP contribution in [0.15, 0.2) is 42.5 Å². The van der Waals surface area contributed by atoms with Gasteiger partial charge in [0, 0.05) is 11.1 Å². The lowest BCUT2D eigenvalue weighted by Gasteiger charge is -2.17. The number of hydrogen-bond donors (Lipinski definition) is 2. The Bertz CT molecular complexity index is 802. The van der Waals surface area contributed by atoms with Crippen molar-refractivity contribution in [3.8, 4) is 5.75 Å². The molecule has 0 aliphatic heterocycles. The second-order valence-corrected chi connectivity index (χ2v) is 7.36. The number of halogens is 1. The molecule has 1 atom stereocenters. The van der Waals surface area contributed by atoms with Gasteiger partial charge in [0.15, 0.2) is 0 Å². The number of ether oxygens (including phenoxy) is 1. The van der Waals surface area contributed by atoms with Gasteiger partial charge in [0.2, 0.25) is 0 Å². The van der Waals surface area contributed by atoms with Crippen LogP contribution in [0, 0.1) is 5.92 Å². The molecule has 27 heavy (non-hydrogen) atoms. The van der Waals surface area contributed by atoms with Crippen LogP contribution in [0.25, 0.3) is 0 Å². The van der Waals surface area contributed by atoms with Gasteiger partial charge in [0.25, 0.3) is 5.91 Å². The maximum Gasteiger partial charge on any atom is 0.335 e. The lowest BCUT2D eigenvalue weighted by Crippen LogP contribution is -2.34. The van der Waals surface area contributed by atoms with E-state index in [-0.39, 0.29) is 17.5 Å². The summed E-state index contributed by atoms with van der Waals surface area (Å²) in [4.78, 5) is 23.6. The van der Waals surface area contributed by atoms with Crippen LogP contribution in [0.4, 0.5) is 0 Å². The van der Waals surface area contributed by atoms with Gasteiger partial charge in [-0.05, 0) is 55.2 Å². The highest BCUT2D eigenvalue weighted by molar-refractivity contribution is 6.31. The predicted molar refractivity (Wildman–Crippen MR) is 106 cm³/mol. The quantitative estimate of drug-likeness (QED) is 0.700. The van der Waals surface area contributed by atoms with E-state index in [1.807, 2.05) is 20.8 Å². The third kappa shape index (κ3) is 6.29. The van der Waals surface area contributed by atoms with E-state index >= 15 is 0 Å². The number of nitrogens with one attached hydrogen (secondary N) is 1. The number of amides is 1. The zero-order chi connectivity index (χ0) is 20.0. The maximum absolute atomic E-state index is 12.7. The van der Waals surface area contributed by atoms with E-state index in [4.69, 9.17) is 21.4 Å². The predicted octanol–water partition coefficient (Wildman–Crippen LogP) is 4.43. The molecule has 0 aliphatic rings. The van der Waals surface area contributed by atoms with Crippen molar-refractivity contribution in [3.63, 3.8) is 0 Å². The SMILES string of the molecule is CC(C)COc1ccc(Cl)cc1C(=O)N[C@@H](C)Cc1ccc(C(=O)O)cc1. The molecule has 144 valence electrons. The Morgan fingerprint density at radius 1 is 1.11 bits per heavy atom. The lowest BCUT2D eigenvalue weighted by atomic mass is 10.0. The third-order valence-corrected chi connectivity index (χ3v) is 4.11. The standard InChI is InChI=1S/C21H24ClNO4/c1-13(2)12-27-19-9-8-17(22)11-18(19)20(24)23-14(3)10-15-4-6-16(7-5-15)21(25)26/h4-9,11,13-14H,10,12H2,1-3H3,(H,23,24)(H,25,26)/t14-/m0/s1. The second-order valence-electron chi connectivity index (χ2n) is 6.93. The maximum atomic E-state index is 12.7. The average Bonchev–Trinajstić information content (AvgIpc) is 2.60. The zero-order valence-electron chi connectivity index (χ0n) is 15.7. The van der Waals surface area contributed by atoms with Gasteiger partial charge in [-0.25, -0.2) is 4.79 Å². The van der Waals surface area contributed by atoms with Crippen LogP contribution in [0.5, 0.6) is 5.75 Å². The van der Waals surface area contributed by atoms with E-state index in [0.717, 1.165) is 5.56 Å². The van der Waals surface area contributed by atoms with Crippen molar-refractivity contribution >= 4 is 23.5 Å². The van der Waals surface area contributed by atoms with E-state index in [0.29, 0.717) is 35.3 Å². The Kier molecular flexibility index (Phi) is 7.25. The largest absolute Gasteiger partial charge is 0.492 e. The van der Waals surface area contributed by atoms with E-state index in [2.05, 4.69) is 5.32 Å². The Balaban J connectivity index is 2.05. The highest BCUT2D eigenvalue weighted by atomic mass is 35.5. The van der Waals surface area contributed by atoms with Crippen LogP contribution in [0.1, 0.15) is 47.1 Å². The van der Waals surface area contributed by atoms with E-state index in [9.17, 15) is 9.59 Å². The molecule has 0 heterocycles. The summed E-state index contributed by atoms with van der Waals surface area (Å²) >= 11 is 6.05. The average molecular weight is 390 g/mol.